The maximum atomic E-state index is 5.79. The SMILES string of the molecule is CCNC(c1ccccc1OCC)c1c(Br)cnn1CC. The molecule has 0 bridgehead atoms. The molecule has 0 spiro atoms. The fourth-order valence-corrected chi connectivity index (χ4v) is 3.00. The van der Waals surface area contributed by atoms with E-state index in [9.17, 15) is 0 Å². The molecule has 0 aliphatic carbocycles. The number of hydrogen-bond donors (Lipinski definition) is 1. The number of halogens is 1. The van der Waals surface area contributed by atoms with Crippen molar-refractivity contribution in [2.75, 3.05) is 13.2 Å². The third kappa shape index (κ3) is 3.47. The third-order valence-electron chi connectivity index (χ3n) is 3.34. The maximum Gasteiger partial charge on any atom is 0.124 e. The Morgan fingerprint density at radius 1 is 1.29 bits per heavy atom. The third-order valence-corrected chi connectivity index (χ3v) is 3.96. The summed E-state index contributed by atoms with van der Waals surface area (Å²) in [6.07, 6.45) is 1.85. The van der Waals surface area contributed by atoms with Crippen LogP contribution < -0.4 is 10.1 Å². The fourth-order valence-electron chi connectivity index (χ4n) is 2.47. The molecule has 114 valence electrons. The van der Waals surface area contributed by atoms with Gasteiger partial charge in [0.25, 0.3) is 0 Å². The number of benzene rings is 1. The molecule has 2 aromatic rings. The van der Waals surface area contributed by atoms with E-state index in [2.05, 4.69) is 46.3 Å². The van der Waals surface area contributed by atoms with Gasteiger partial charge in [0.2, 0.25) is 0 Å². The molecule has 2 rings (SSSR count). The van der Waals surface area contributed by atoms with Gasteiger partial charge < -0.3 is 10.1 Å². The highest BCUT2D eigenvalue weighted by Crippen LogP contribution is 2.33. The minimum Gasteiger partial charge on any atom is -0.494 e. The molecule has 1 atom stereocenters. The fraction of sp³-hybridized carbons (Fsp3) is 0.438. The van der Waals surface area contributed by atoms with Gasteiger partial charge in [0, 0.05) is 12.1 Å². The van der Waals surface area contributed by atoms with Crippen molar-refractivity contribution in [3.05, 3.63) is 46.2 Å². The van der Waals surface area contributed by atoms with E-state index < -0.39 is 0 Å². The summed E-state index contributed by atoms with van der Waals surface area (Å²) in [5.41, 5.74) is 2.27. The molecule has 1 unspecified atom stereocenters. The van der Waals surface area contributed by atoms with Gasteiger partial charge in [-0.25, -0.2) is 0 Å². The summed E-state index contributed by atoms with van der Waals surface area (Å²) in [5.74, 6) is 0.918. The van der Waals surface area contributed by atoms with Crippen molar-refractivity contribution >= 4 is 15.9 Å². The summed E-state index contributed by atoms with van der Waals surface area (Å²) in [4.78, 5) is 0. The van der Waals surface area contributed by atoms with Crippen LogP contribution in [0.2, 0.25) is 0 Å². The number of nitrogens with one attached hydrogen (secondary N) is 1. The van der Waals surface area contributed by atoms with E-state index in [0.29, 0.717) is 6.61 Å². The lowest BCUT2D eigenvalue weighted by atomic mass is 10.0. The first-order chi connectivity index (χ1) is 10.2. The van der Waals surface area contributed by atoms with Crippen LogP contribution in [0.5, 0.6) is 5.75 Å². The van der Waals surface area contributed by atoms with Gasteiger partial charge in [-0.05, 0) is 42.4 Å². The van der Waals surface area contributed by atoms with Gasteiger partial charge in [-0.2, -0.15) is 5.10 Å². The van der Waals surface area contributed by atoms with Crippen molar-refractivity contribution < 1.29 is 4.74 Å². The Kier molecular flexibility index (Phi) is 5.82. The lowest BCUT2D eigenvalue weighted by Gasteiger charge is -2.22. The minimum absolute atomic E-state index is 0.0505. The molecule has 21 heavy (non-hydrogen) atoms. The molecule has 0 saturated heterocycles. The first kappa shape index (κ1) is 16.0. The molecule has 1 aromatic carbocycles. The Labute approximate surface area is 134 Å². The van der Waals surface area contributed by atoms with E-state index in [-0.39, 0.29) is 6.04 Å². The zero-order valence-electron chi connectivity index (χ0n) is 12.8. The number of aryl methyl sites for hydroxylation is 1. The van der Waals surface area contributed by atoms with Crippen LogP contribution in [0.15, 0.2) is 34.9 Å². The molecule has 0 radical (unpaired) electrons. The largest absolute Gasteiger partial charge is 0.494 e. The van der Waals surface area contributed by atoms with E-state index in [4.69, 9.17) is 4.74 Å². The molecule has 0 aliphatic heterocycles. The number of nitrogens with zero attached hydrogens (tertiary/aromatic N) is 2. The summed E-state index contributed by atoms with van der Waals surface area (Å²) in [6, 6.07) is 8.23. The number of aromatic nitrogens is 2. The summed E-state index contributed by atoms with van der Waals surface area (Å²) in [5, 5.41) is 7.97. The van der Waals surface area contributed by atoms with Crippen molar-refractivity contribution in [1.29, 1.82) is 0 Å². The highest BCUT2D eigenvalue weighted by Gasteiger charge is 2.23. The Balaban J connectivity index is 2.51. The topological polar surface area (TPSA) is 39.1 Å². The van der Waals surface area contributed by atoms with Crippen LogP contribution in [0.1, 0.15) is 38.1 Å². The molecule has 0 fully saturated rings. The van der Waals surface area contributed by atoms with Crippen molar-refractivity contribution in [2.24, 2.45) is 0 Å². The van der Waals surface area contributed by atoms with Crippen LogP contribution in [0.4, 0.5) is 0 Å². The second-order valence-electron chi connectivity index (χ2n) is 4.66. The van der Waals surface area contributed by atoms with Crippen LogP contribution in [0, 0.1) is 0 Å². The van der Waals surface area contributed by atoms with Crippen LogP contribution in [0.25, 0.3) is 0 Å². The highest BCUT2D eigenvalue weighted by molar-refractivity contribution is 9.10. The predicted molar refractivity (Wildman–Crippen MR) is 88.7 cm³/mol. The predicted octanol–water partition coefficient (Wildman–Crippen LogP) is 3.76. The number of ether oxygens (including phenoxy) is 1. The summed E-state index contributed by atoms with van der Waals surface area (Å²) in [7, 11) is 0. The molecule has 1 N–H and O–H groups in total. The molecule has 4 nitrogen and oxygen atoms in total. The van der Waals surface area contributed by atoms with Crippen LogP contribution in [-0.2, 0) is 6.54 Å². The molecule has 1 aromatic heterocycles. The van der Waals surface area contributed by atoms with Crippen LogP contribution in [0.3, 0.4) is 0 Å². The average Bonchev–Trinajstić information content (AvgIpc) is 2.87. The molecular formula is C16H22BrN3O. The van der Waals surface area contributed by atoms with E-state index in [1.165, 1.54) is 0 Å². The molecular weight excluding hydrogens is 330 g/mol. The maximum absolute atomic E-state index is 5.79. The summed E-state index contributed by atoms with van der Waals surface area (Å²) < 4.78 is 8.82. The number of hydrogen-bond acceptors (Lipinski definition) is 3. The first-order valence-corrected chi connectivity index (χ1v) is 8.18. The van der Waals surface area contributed by atoms with Crippen molar-refractivity contribution in [3.63, 3.8) is 0 Å². The first-order valence-electron chi connectivity index (χ1n) is 7.39. The molecule has 0 aliphatic rings. The van der Waals surface area contributed by atoms with Gasteiger partial charge in [-0.15, -0.1) is 0 Å². The van der Waals surface area contributed by atoms with Crippen LogP contribution in [-0.4, -0.2) is 22.9 Å². The summed E-state index contributed by atoms with van der Waals surface area (Å²) >= 11 is 3.63. The number of para-hydroxylation sites is 1. The van der Waals surface area contributed by atoms with Gasteiger partial charge in [0.1, 0.15) is 5.75 Å². The quantitative estimate of drug-likeness (QED) is 0.825. The van der Waals surface area contributed by atoms with E-state index in [0.717, 1.165) is 34.6 Å². The zero-order chi connectivity index (χ0) is 15.2. The van der Waals surface area contributed by atoms with Crippen molar-refractivity contribution in [1.82, 2.24) is 15.1 Å². The highest BCUT2D eigenvalue weighted by atomic mass is 79.9. The second-order valence-corrected chi connectivity index (χ2v) is 5.51. The van der Waals surface area contributed by atoms with E-state index in [1.807, 2.05) is 36.0 Å². The zero-order valence-corrected chi connectivity index (χ0v) is 14.4. The van der Waals surface area contributed by atoms with Crippen molar-refractivity contribution in [3.8, 4) is 5.75 Å². The lowest BCUT2D eigenvalue weighted by molar-refractivity contribution is 0.333. The number of rotatable bonds is 7. The van der Waals surface area contributed by atoms with Crippen LogP contribution >= 0.6 is 15.9 Å². The van der Waals surface area contributed by atoms with Gasteiger partial charge in [0.05, 0.1) is 29.0 Å². The van der Waals surface area contributed by atoms with Gasteiger partial charge in [-0.3, -0.25) is 4.68 Å². The Morgan fingerprint density at radius 2 is 2.05 bits per heavy atom. The monoisotopic (exact) mass is 351 g/mol. The Morgan fingerprint density at radius 3 is 2.71 bits per heavy atom. The summed E-state index contributed by atoms with van der Waals surface area (Å²) in [6.45, 7) is 8.57. The normalized spacial score (nSPS) is 12.4. The molecule has 5 heteroatoms. The average molecular weight is 352 g/mol. The Hall–Kier alpha value is -1.33. The molecule has 0 amide bonds. The molecule has 1 heterocycles. The minimum atomic E-state index is 0.0505. The van der Waals surface area contributed by atoms with E-state index in [1.54, 1.807) is 0 Å². The molecule has 0 saturated carbocycles. The standard InChI is InChI=1S/C16H22BrN3O/c1-4-18-15(16-13(17)11-19-20(16)5-2)12-9-7-8-10-14(12)21-6-3/h7-11,15,18H,4-6H2,1-3H3. The smallest absolute Gasteiger partial charge is 0.124 e. The Bertz CT molecular complexity index is 583. The van der Waals surface area contributed by atoms with Gasteiger partial charge in [-0.1, -0.05) is 25.1 Å². The van der Waals surface area contributed by atoms with Gasteiger partial charge in [0.15, 0.2) is 0 Å². The van der Waals surface area contributed by atoms with E-state index >= 15 is 0 Å². The second kappa shape index (κ2) is 7.61. The van der Waals surface area contributed by atoms with Crippen molar-refractivity contribution in [2.45, 2.75) is 33.4 Å². The van der Waals surface area contributed by atoms with Gasteiger partial charge >= 0.3 is 0 Å². The lowest BCUT2D eigenvalue weighted by Crippen LogP contribution is -2.25.